The van der Waals surface area contributed by atoms with E-state index in [9.17, 15) is 4.79 Å². The first kappa shape index (κ1) is 20.7. The van der Waals surface area contributed by atoms with Gasteiger partial charge in [-0.25, -0.2) is 4.98 Å². The van der Waals surface area contributed by atoms with E-state index in [4.69, 9.17) is 0 Å². The monoisotopic (exact) mass is 416 g/mol. The molecule has 7 heteroatoms. The van der Waals surface area contributed by atoms with Gasteiger partial charge in [0, 0.05) is 50.6 Å². The summed E-state index contributed by atoms with van der Waals surface area (Å²) in [5.74, 6) is 1.81. The van der Waals surface area contributed by atoms with Gasteiger partial charge in [0.2, 0.25) is 5.91 Å². The third kappa shape index (κ3) is 5.31. The van der Waals surface area contributed by atoms with Crippen LogP contribution in [0.25, 0.3) is 0 Å². The summed E-state index contributed by atoms with van der Waals surface area (Å²) in [6.45, 7) is 2.08. The zero-order chi connectivity index (χ0) is 21.5. The van der Waals surface area contributed by atoms with E-state index in [0.29, 0.717) is 25.5 Å². The first-order valence-electron chi connectivity index (χ1n) is 10.6. The largest absolute Gasteiger partial charge is 0.356 e. The minimum Gasteiger partial charge on any atom is -0.356 e. The molecule has 1 unspecified atom stereocenters. The van der Waals surface area contributed by atoms with Crippen LogP contribution in [-0.2, 0) is 24.3 Å². The Morgan fingerprint density at radius 1 is 1.16 bits per heavy atom. The molecular formula is C24H28N6O. The fourth-order valence-corrected chi connectivity index (χ4v) is 3.89. The summed E-state index contributed by atoms with van der Waals surface area (Å²) >= 11 is 0. The van der Waals surface area contributed by atoms with E-state index in [1.807, 2.05) is 36.7 Å². The number of aromatic nitrogens is 2. The number of anilines is 1. The first-order chi connectivity index (χ1) is 15.2. The number of fused-ring (bicyclic) bond motifs is 1. The second-order valence-corrected chi connectivity index (χ2v) is 7.62. The highest BCUT2D eigenvalue weighted by Crippen LogP contribution is 2.31. The van der Waals surface area contributed by atoms with Crippen LogP contribution in [0.3, 0.4) is 0 Å². The van der Waals surface area contributed by atoms with Gasteiger partial charge in [0.05, 0.1) is 6.54 Å². The number of imidazole rings is 1. The minimum absolute atomic E-state index is 0.0499. The van der Waals surface area contributed by atoms with E-state index in [1.54, 1.807) is 7.05 Å². The highest BCUT2D eigenvalue weighted by molar-refractivity contribution is 5.94. The van der Waals surface area contributed by atoms with E-state index in [1.165, 1.54) is 5.56 Å². The van der Waals surface area contributed by atoms with Gasteiger partial charge in [-0.05, 0) is 23.6 Å². The number of benzene rings is 2. The average molecular weight is 417 g/mol. The first-order valence-corrected chi connectivity index (χ1v) is 10.6. The summed E-state index contributed by atoms with van der Waals surface area (Å²) < 4.78 is 2.16. The number of nitrogens with one attached hydrogen (secondary N) is 3. The molecule has 1 aliphatic heterocycles. The van der Waals surface area contributed by atoms with Crippen molar-refractivity contribution in [1.29, 1.82) is 0 Å². The maximum Gasteiger partial charge on any atom is 0.225 e. The number of carbonyl (C=O) groups is 1. The van der Waals surface area contributed by atoms with Crippen molar-refractivity contribution >= 4 is 17.6 Å². The number of carbonyl (C=O) groups excluding carboxylic acids is 1. The summed E-state index contributed by atoms with van der Waals surface area (Å²) in [5, 5.41) is 9.64. The molecule has 2 aromatic carbocycles. The molecule has 0 spiro atoms. The Morgan fingerprint density at radius 2 is 1.97 bits per heavy atom. The Morgan fingerprint density at radius 3 is 2.81 bits per heavy atom. The standard InChI is InChI=1S/C24H28N6O/c1-25-24(27-16-19-15-23(31)29-21-10-6-5-9-20(19)21)28-17-22-26-12-14-30(22)13-11-18-7-3-2-4-8-18/h2-10,12,14,19H,11,13,15-17H2,1H3,(H,29,31)(H2,25,27,28). The number of amides is 1. The summed E-state index contributed by atoms with van der Waals surface area (Å²) in [4.78, 5) is 20.9. The number of para-hydroxylation sites is 1. The number of aliphatic imine (C=N–C) groups is 1. The van der Waals surface area contributed by atoms with E-state index in [2.05, 4.69) is 60.8 Å². The SMILES string of the molecule is CN=C(NCc1nccn1CCc1ccccc1)NCC1CC(=O)Nc2ccccc21. The lowest BCUT2D eigenvalue weighted by Gasteiger charge is -2.26. The Hall–Kier alpha value is -3.61. The second-order valence-electron chi connectivity index (χ2n) is 7.62. The van der Waals surface area contributed by atoms with Crippen LogP contribution < -0.4 is 16.0 Å². The molecule has 0 aliphatic carbocycles. The smallest absolute Gasteiger partial charge is 0.225 e. The molecule has 3 N–H and O–H groups in total. The normalized spacial score (nSPS) is 15.8. The summed E-state index contributed by atoms with van der Waals surface area (Å²) in [6.07, 6.45) is 5.26. The van der Waals surface area contributed by atoms with Crippen molar-refractivity contribution in [2.75, 3.05) is 18.9 Å². The van der Waals surface area contributed by atoms with Gasteiger partial charge in [-0.1, -0.05) is 48.5 Å². The van der Waals surface area contributed by atoms with Crippen LogP contribution in [0.2, 0.25) is 0 Å². The highest BCUT2D eigenvalue weighted by Gasteiger charge is 2.24. The van der Waals surface area contributed by atoms with E-state index in [0.717, 1.165) is 30.0 Å². The van der Waals surface area contributed by atoms with Crippen LogP contribution in [0.1, 0.15) is 29.3 Å². The van der Waals surface area contributed by atoms with Gasteiger partial charge in [0.1, 0.15) is 5.82 Å². The van der Waals surface area contributed by atoms with Crippen LogP contribution in [0.4, 0.5) is 5.69 Å². The molecule has 3 aromatic rings. The topological polar surface area (TPSA) is 83.3 Å². The van der Waals surface area contributed by atoms with Crippen molar-refractivity contribution in [2.24, 2.45) is 4.99 Å². The Kier molecular flexibility index (Phi) is 6.62. The number of nitrogens with zero attached hydrogens (tertiary/aromatic N) is 3. The fraction of sp³-hybridized carbons (Fsp3) is 0.292. The van der Waals surface area contributed by atoms with Crippen molar-refractivity contribution < 1.29 is 4.79 Å². The molecule has 0 saturated heterocycles. The van der Waals surface area contributed by atoms with E-state index in [-0.39, 0.29) is 11.8 Å². The lowest BCUT2D eigenvalue weighted by atomic mass is 9.90. The predicted octanol–water partition coefficient (Wildman–Crippen LogP) is 2.92. The Balaban J connectivity index is 1.31. The fourth-order valence-electron chi connectivity index (χ4n) is 3.89. The second kappa shape index (κ2) is 9.93. The van der Waals surface area contributed by atoms with Crippen LogP contribution in [0, 0.1) is 0 Å². The molecule has 1 aliphatic rings. The molecule has 2 heterocycles. The zero-order valence-corrected chi connectivity index (χ0v) is 17.7. The molecule has 1 atom stereocenters. The van der Waals surface area contributed by atoms with Crippen LogP contribution in [0.5, 0.6) is 0 Å². The molecule has 1 amide bonds. The zero-order valence-electron chi connectivity index (χ0n) is 17.7. The van der Waals surface area contributed by atoms with Crippen LogP contribution >= 0.6 is 0 Å². The molecule has 31 heavy (non-hydrogen) atoms. The van der Waals surface area contributed by atoms with Crippen molar-refractivity contribution in [3.05, 3.63) is 83.9 Å². The van der Waals surface area contributed by atoms with Gasteiger partial charge in [0.15, 0.2) is 5.96 Å². The molecule has 0 radical (unpaired) electrons. The Labute approximate surface area is 182 Å². The third-order valence-corrected chi connectivity index (χ3v) is 5.55. The van der Waals surface area contributed by atoms with Crippen LogP contribution in [-0.4, -0.2) is 35.0 Å². The number of aryl methyl sites for hydroxylation is 2. The minimum atomic E-state index is 0.0499. The summed E-state index contributed by atoms with van der Waals surface area (Å²) in [5.41, 5.74) is 3.36. The summed E-state index contributed by atoms with van der Waals surface area (Å²) in [6, 6.07) is 18.4. The molecule has 1 aromatic heterocycles. The molecule has 0 bridgehead atoms. The highest BCUT2D eigenvalue weighted by atomic mass is 16.1. The Bertz CT molecular complexity index is 1040. The number of rotatable bonds is 7. The molecule has 0 saturated carbocycles. The van der Waals surface area contributed by atoms with Gasteiger partial charge in [-0.2, -0.15) is 0 Å². The van der Waals surface area contributed by atoms with Gasteiger partial charge in [-0.3, -0.25) is 9.79 Å². The molecule has 0 fully saturated rings. The molecule has 7 nitrogen and oxygen atoms in total. The van der Waals surface area contributed by atoms with Crippen molar-refractivity contribution in [3.8, 4) is 0 Å². The average Bonchev–Trinajstić information content (AvgIpc) is 3.25. The van der Waals surface area contributed by atoms with E-state index >= 15 is 0 Å². The van der Waals surface area contributed by atoms with Gasteiger partial charge in [0.25, 0.3) is 0 Å². The number of hydrogen-bond acceptors (Lipinski definition) is 3. The summed E-state index contributed by atoms with van der Waals surface area (Å²) in [7, 11) is 1.75. The molecule has 4 rings (SSSR count). The maximum atomic E-state index is 12.0. The van der Waals surface area contributed by atoms with Gasteiger partial charge < -0.3 is 20.5 Å². The molecule has 160 valence electrons. The van der Waals surface area contributed by atoms with Gasteiger partial charge in [-0.15, -0.1) is 0 Å². The molecular weight excluding hydrogens is 388 g/mol. The lowest BCUT2D eigenvalue weighted by Crippen LogP contribution is -2.40. The van der Waals surface area contributed by atoms with E-state index < -0.39 is 0 Å². The van der Waals surface area contributed by atoms with Crippen LogP contribution in [0.15, 0.2) is 72.0 Å². The maximum absolute atomic E-state index is 12.0. The van der Waals surface area contributed by atoms with Crippen molar-refractivity contribution in [2.45, 2.75) is 31.8 Å². The third-order valence-electron chi connectivity index (χ3n) is 5.55. The lowest BCUT2D eigenvalue weighted by molar-refractivity contribution is -0.116. The van der Waals surface area contributed by atoms with Gasteiger partial charge >= 0.3 is 0 Å². The van der Waals surface area contributed by atoms with Crippen molar-refractivity contribution in [1.82, 2.24) is 20.2 Å². The quantitative estimate of drug-likeness (QED) is 0.409. The van der Waals surface area contributed by atoms with Crippen molar-refractivity contribution in [3.63, 3.8) is 0 Å². The number of guanidine groups is 1. The predicted molar refractivity (Wildman–Crippen MR) is 123 cm³/mol. The number of hydrogen-bond donors (Lipinski definition) is 3.